The first kappa shape index (κ1) is 13.3. The van der Waals surface area contributed by atoms with E-state index in [0.29, 0.717) is 13.1 Å². The van der Waals surface area contributed by atoms with Crippen molar-refractivity contribution in [3.8, 4) is 0 Å². The third kappa shape index (κ3) is 2.67. The Kier molecular flexibility index (Phi) is 3.69. The van der Waals surface area contributed by atoms with E-state index in [2.05, 4.69) is 0 Å². The molecule has 1 aliphatic heterocycles. The zero-order chi connectivity index (χ0) is 14.0. The first-order valence-corrected chi connectivity index (χ1v) is 6.10. The summed E-state index contributed by atoms with van der Waals surface area (Å²) in [6.45, 7) is 3.22. The third-order valence-corrected chi connectivity index (χ3v) is 3.52. The van der Waals surface area contributed by atoms with Crippen LogP contribution in [0.3, 0.4) is 0 Å². The number of nitro groups is 1. The fraction of sp³-hybridized carbons (Fsp3) is 0.462. The number of hydrogen-bond donors (Lipinski definition) is 0. The molecule has 2 rings (SSSR count). The summed E-state index contributed by atoms with van der Waals surface area (Å²) in [5, 5.41) is 10.8. The average Bonchev–Trinajstić information content (AvgIpc) is 2.80. The van der Waals surface area contributed by atoms with Gasteiger partial charge in [0.15, 0.2) is 0 Å². The number of esters is 1. The fourth-order valence-electron chi connectivity index (χ4n) is 2.44. The first-order valence-electron chi connectivity index (χ1n) is 6.10. The van der Waals surface area contributed by atoms with Crippen molar-refractivity contribution in [1.29, 1.82) is 0 Å². The molecule has 0 spiro atoms. The number of carbonyl (C=O) groups is 1. The number of methoxy groups -OCH3 is 1. The number of rotatable bonds is 3. The Balaban J connectivity index is 2.18. The van der Waals surface area contributed by atoms with E-state index in [4.69, 9.17) is 4.74 Å². The summed E-state index contributed by atoms with van der Waals surface area (Å²) in [7, 11) is 1.38. The van der Waals surface area contributed by atoms with Crippen LogP contribution in [-0.4, -0.2) is 31.1 Å². The summed E-state index contributed by atoms with van der Waals surface area (Å²) < 4.78 is 4.78. The van der Waals surface area contributed by atoms with Gasteiger partial charge in [0.1, 0.15) is 0 Å². The number of carbonyl (C=O) groups excluding carboxylic acids is 1. The Hall–Kier alpha value is -2.11. The molecule has 0 bridgehead atoms. The predicted molar refractivity (Wildman–Crippen MR) is 70.0 cm³/mol. The molecule has 19 heavy (non-hydrogen) atoms. The molecule has 0 aromatic heterocycles. The van der Waals surface area contributed by atoms with Crippen LogP contribution >= 0.6 is 0 Å². The lowest BCUT2D eigenvalue weighted by Gasteiger charge is -2.17. The Bertz CT molecular complexity index is 503. The topological polar surface area (TPSA) is 72.7 Å². The highest BCUT2D eigenvalue weighted by molar-refractivity contribution is 5.74. The van der Waals surface area contributed by atoms with Crippen molar-refractivity contribution in [1.82, 2.24) is 0 Å². The standard InChI is InChI=1S/C13H16N2O4/c1-9-7-14(8-12(9)13(16)19-2)10-4-3-5-11(6-10)15(17)18/h3-6,9,12H,7-8H2,1-2H3. The van der Waals surface area contributed by atoms with Crippen molar-refractivity contribution in [2.24, 2.45) is 11.8 Å². The van der Waals surface area contributed by atoms with Gasteiger partial charge in [0.05, 0.1) is 18.0 Å². The highest BCUT2D eigenvalue weighted by Gasteiger charge is 2.35. The van der Waals surface area contributed by atoms with Gasteiger partial charge in [-0.1, -0.05) is 13.0 Å². The van der Waals surface area contributed by atoms with Crippen LogP contribution in [0.5, 0.6) is 0 Å². The molecule has 0 N–H and O–H groups in total. The van der Waals surface area contributed by atoms with Crippen molar-refractivity contribution in [2.45, 2.75) is 6.92 Å². The number of hydrogen-bond acceptors (Lipinski definition) is 5. The molecule has 0 saturated carbocycles. The van der Waals surface area contributed by atoms with Crippen molar-refractivity contribution in [2.75, 3.05) is 25.1 Å². The van der Waals surface area contributed by atoms with E-state index in [9.17, 15) is 14.9 Å². The van der Waals surface area contributed by atoms with Crippen LogP contribution in [-0.2, 0) is 9.53 Å². The number of benzene rings is 1. The predicted octanol–water partition coefficient (Wildman–Crippen LogP) is 1.84. The van der Waals surface area contributed by atoms with E-state index in [1.807, 2.05) is 17.9 Å². The molecule has 1 saturated heterocycles. The molecule has 0 amide bonds. The lowest BCUT2D eigenvalue weighted by Crippen LogP contribution is -2.24. The molecule has 102 valence electrons. The molecule has 6 heteroatoms. The van der Waals surface area contributed by atoms with E-state index in [1.54, 1.807) is 6.07 Å². The van der Waals surface area contributed by atoms with E-state index >= 15 is 0 Å². The van der Waals surface area contributed by atoms with Gasteiger partial charge in [-0.2, -0.15) is 0 Å². The zero-order valence-corrected chi connectivity index (χ0v) is 10.9. The minimum absolute atomic E-state index is 0.0617. The van der Waals surface area contributed by atoms with Gasteiger partial charge in [-0.25, -0.2) is 0 Å². The number of nitro benzene ring substituents is 1. The maximum Gasteiger partial charge on any atom is 0.310 e. The molecular formula is C13H16N2O4. The molecule has 1 aromatic carbocycles. The summed E-state index contributed by atoms with van der Waals surface area (Å²) >= 11 is 0. The normalized spacial score (nSPS) is 22.3. The summed E-state index contributed by atoms with van der Waals surface area (Å²) in [6.07, 6.45) is 0. The van der Waals surface area contributed by atoms with Crippen LogP contribution in [0.25, 0.3) is 0 Å². The second-order valence-electron chi connectivity index (χ2n) is 4.79. The second-order valence-corrected chi connectivity index (χ2v) is 4.79. The molecule has 2 atom stereocenters. The van der Waals surface area contributed by atoms with Crippen LogP contribution in [0.2, 0.25) is 0 Å². The lowest BCUT2D eigenvalue weighted by molar-refractivity contribution is -0.384. The Morgan fingerprint density at radius 3 is 2.84 bits per heavy atom. The molecule has 0 aliphatic carbocycles. The molecule has 1 fully saturated rings. The maximum absolute atomic E-state index is 11.6. The molecule has 0 radical (unpaired) electrons. The quantitative estimate of drug-likeness (QED) is 0.473. The van der Waals surface area contributed by atoms with Crippen LogP contribution in [0.15, 0.2) is 24.3 Å². The van der Waals surface area contributed by atoms with Crippen molar-refractivity contribution < 1.29 is 14.5 Å². The summed E-state index contributed by atoms with van der Waals surface area (Å²) in [4.78, 5) is 24.0. The van der Waals surface area contributed by atoms with Gasteiger partial charge in [-0.15, -0.1) is 0 Å². The number of non-ortho nitro benzene ring substituents is 1. The zero-order valence-electron chi connectivity index (χ0n) is 10.9. The van der Waals surface area contributed by atoms with Gasteiger partial charge in [-0.3, -0.25) is 14.9 Å². The first-order chi connectivity index (χ1) is 9.02. The van der Waals surface area contributed by atoms with Crippen molar-refractivity contribution in [3.05, 3.63) is 34.4 Å². The maximum atomic E-state index is 11.6. The SMILES string of the molecule is COC(=O)C1CN(c2cccc([N+](=O)[O-])c2)CC1C. The largest absolute Gasteiger partial charge is 0.469 e. The van der Waals surface area contributed by atoms with E-state index in [-0.39, 0.29) is 23.5 Å². The van der Waals surface area contributed by atoms with Gasteiger partial charge in [-0.05, 0) is 12.0 Å². The summed E-state index contributed by atoms with van der Waals surface area (Å²) in [5.41, 5.74) is 0.833. The Labute approximate surface area is 111 Å². The van der Waals surface area contributed by atoms with Gasteiger partial charge < -0.3 is 9.64 Å². The van der Waals surface area contributed by atoms with E-state index < -0.39 is 4.92 Å². The van der Waals surface area contributed by atoms with Gasteiger partial charge >= 0.3 is 5.97 Å². The van der Waals surface area contributed by atoms with E-state index in [0.717, 1.165) is 5.69 Å². The average molecular weight is 264 g/mol. The molecular weight excluding hydrogens is 248 g/mol. The molecule has 1 aromatic rings. The van der Waals surface area contributed by atoms with Gasteiger partial charge in [0.2, 0.25) is 0 Å². The number of nitrogens with zero attached hydrogens (tertiary/aromatic N) is 2. The number of anilines is 1. The van der Waals surface area contributed by atoms with Gasteiger partial charge in [0, 0.05) is 30.9 Å². The number of ether oxygens (including phenoxy) is 1. The minimum Gasteiger partial charge on any atom is -0.469 e. The highest BCUT2D eigenvalue weighted by atomic mass is 16.6. The lowest BCUT2D eigenvalue weighted by atomic mass is 9.99. The molecule has 2 unspecified atom stereocenters. The van der Waals surface area contributed by atoms with Crippen LogP contribution in [0, 0.1) is 22.0 Å². The minimum atomic E-state index is -0.416. The Morgan fingerprint density at radius 1 is 1.47 bits per heavy atom. The van der Waals surface area contributed by atoms with Crippen LogP contribution in [0.4, 0.5) is 11.4 Å². The fourth-order valence-corrected chi connectivity index (χ4v) is 2.44. The van der Waals surface area contributed by atoms with E-state index in [1.165, 1.54) is 19.2 Å². The summed E-state index contributed by atoms with van der Waals surface area (Å²) in [5.74, 6) is -0.226. The van der Waals surface area contributed by atoms with Crippen molar-refractivity contribution in [3.63, 3.8) is 0 Å². The van der Waals surface area contributed by atoms with Crippen LogP contribution in [0.1, 0.15) is 6.92 Å². The highest BCUT2D eigenvalue weighted by Crippen LogP contribution is 2.30. The smallest absolute Gasteiger partial charge is 0.310 e. The second kappa shape index (κ2) is 5.26. The monoisotopic (exact) mass is 264 g/mol. The Morgan fingerprint density at radius 2 is 2.21 bits per heavy atom. The molecule has 6 nitrogen and oxygen atoms in total. The summed E-state index contributed by atoms with van der Waals surface area (Å²) in [6, 6.07) is 6.47. The molecule has 1 aliphatic rings. The molecule has 1 heterocycles. The van der Waals surface area contributed by atoms with Gasteiger partial charge in [0.25, 0.3) is 5.69 Å². The van der Waals surface area contributed by atoms with Crippen molar-refractivity contribution >= 4 is 17.3 Å². The van der Waals surface area contributed by atoms with Crippen LogP contribution < -0.4 is 4.90 Å². The third-order valence-electron chi connectivity index (χ3n) is 3.52.